The summed E-state index contributed by atoms with van der Waals surface area (Å²) in [6.45, 7) is 9.92. The van der Waals surface area contributed by atoms with Gasteiger partial charge in [0, 0.05) is 24.1 Å². The number of aliphatic imine (C=N–C) groups is 1. The van der Waals surface area contributed by atoms with E-state index in [1.807, 2.05) is 17.8 Å². The third-order valence-electron chi connectivity index (χ3n) is 3.17. The van der Waals surface area contributed by atoms with Gasteiger partial charge in [0.1, 0.15) is 0 Å². The number of nitrogens with one attached hydrogen (secondary N) is 1. The molecule has 0 radical (unpaired) electrons. The minimum absolute atomic E-state index is 0. The summed E-state index contributed by atoms with van der Waals surface area (Å²) in [6.07, 6.45) is 4.46. The van der Waals surface area contributed by atoms with Crippen LogP contribution in [0.1, 0.15) is 19.8 Å². The van der Waals surface area contributed by atoms with E-state index in [-0.39, 0.29) is 24.0 Å². The van der Waals surface area contributed by atoms with E-state index in [0.717, 1.165) is 31.1 Å². The summed E-state index contributed by atoms with van der Waals surface area (Å²) in [5, 5.41) is 3.15. The fourth-order valence-electron chi connectivity index (χ4n) is 2.20. The molecule has 1 aliphatic heterocycles. The van der Waals surface area contributed by atoms with Crippen LogP contribution in [-0.4, -0.2) is 54.6 Å². The molecule has 0 saturated carbocycles. The predicted molar refractivity (Wildman–Crippen MR) is 97.7 cm³/mol. The number of hydrogen-bond acceptors (Lipinski definition) is 3. The number of thioether (sulfide) groups is 1. The van der Waals surface area contributed by atoms with Crippen molar-refractivity contribution in [3.8, 4) is 0 Å². The molecule has 0 bridgehead atoms. The van der Waals surface area contributed by atoms with Gasteiger partial charge in [-0.15, -0.1) is 30.6 Å². The maximum Gasteiger partial charge on any atom is 0.188 e. The number of rotatable bonds is 8. The van der Waals surface area contributed by atoms with E-state index >= 15 is 0 Å². The first kappa shape index (κ1) is 19.1. The molecule has 112 valence electrons. The highest BCUT2D eigenvalue weighted by molar-refractivity contribution is 14.0. The molecule has 4 nitrogen and oxygen atoms in total. The fourth-order valence-corrected chi connectivity index (χ4v) is 2.78. The molecule has 1 atom stereocenters. The van der Waals surface area contributed by atoms with Crippen LogP contribution in [0.4, 0.5) is 0 Å². The van der Waals surface area contributed by atoms with Gasteiger partial charge in [-0.25, -0.2) is 0 Å². The minimum Gasteiger partial charge on any atom is -0.370 e. The highest BCUT2D eigenvalue weighted by Crippen LogP contribution is 2.16. The van der Waals surface area contributed by atoms with Crippen LogP contribution in [0.5, 0.6) is 0 Å². The zero-order valence-corrected chi connectivity index (χ0v) is 15.0. The minimum atomic E-state index is 0. The molecule has 1 saturated heterocycles. The molecule has 0 aromatic carbocycles. The fraction of sp³-hybridized carbons (Fsp3) is 0.769. The van der Waals surface area contributed by atoms with Crippen molar-refractivity contribution in [2.24, 2.45) is 10.7 Å². The lowest BCUT2D eigenvalue weighted by Gasteiger charge is -2.20. The van der Waals surface area contributed by atoms with Crippen molar-refractivity contribution < 1.29 is 0 Å². The van der Waals surface area contributed by atoms with E-state index in [9.17, 15) is 0 Å². The number of hydrogen-bond donors (Lipinski definition) is 2. The first-order chi connectivity index (χ1) is 8.77. The first-order valence-electron chi connectivity index (χ1n) is 6.74. The molecule has 1 heterocycles. The Bertz CT molecular complexity index is 273. The molecule has 1 aliphatic rings. The number of nitrogens with zero attached hydrogens (tertiary/aromatic N) is 2. The quantitative estimate of drug-likeness (QED) is 0.216. The number of nitrogens with two attached hydrogens (primary N) is 1. The van der Waals surface area contributed by atoms with Crippen LogP contribution < -0.4 is 11.1 Å². The van der Waals surface area contributed by atoms with Gasteiger partial charge in [0.05, 0.1) is 6.54 Å². The van der Waals surface area contributed by atoms with E-state index in [1.54, 1.807) is 0 Å². The van der Waals surface area contributed by atoms with Crippen molar-refractivity contribution in [1.29, 1.82) is 0 Å². The normalized spacial score (nSPS) is 20.1. The van der Waals surface area contributed by atoms with Gasteiger partial charge < -0.3 is 11.1 Å². The summed E-state index contributed by atoms with van der Waals surface area (Å²) in [7, 11) is 0. The van der Waals surface area contributed by atoms with Gasteiger partial charge in [-0.3, -0.25) is 9.89 Å². The maximum atomic E-state index is 5.84. The molecule has 0 spiro atoms. The van der Waals surface area contributed by atoms with Crippen molar-refractivity contribution in [2.45, 2.75) is 25.8 Å². The zero-order valence-electron chi connectivity index (χ0n) is 11.8. The smallest absolute Gasteiger partial charge is 0.188 e. The Kier molecular flexibility index (Phi) is 11.9. The number of likely N-dealkylation sites (N-methyl/N-ethyl adjacent to an activating group) is 1. The largest absolute Gasteiger partial charge is 0.370 e. The van der Waals surface area contributed by atoms with Gasteiger partial charge in [-0.05, 0) is 25.9 Å². The third kappa shape index (κ3) is 8.04. The standard InChI is InChI=1S/C13H26N4S.HI/c1-3-9-18-10-7-15-13(14)16-11-12-6-5-8-17(12)4-2;/h3,12H,1,4-11H2,2H3,(H3,14,15,16);1H. The van der Waals surface area contributed by atoms with E-state index in [0.29, 0.717) is 12.0 Å². The Labute approximate surface area is 138 Å². The van der Waals surface area contributed by atoms with Crippen molar-refractivity contribution in [2.75, 3.05) is 37.7 Å². The SMILES string of the molecule is C=CCSCCNC(N)=NCC1CCCN1CC.I. The molecule has 0 amide bonds. The second-order valence-corrected chi connectivity index (χ2v) is 5.59. The van der Waals surface area contributed by atoms with Gasteiger partial charge in [0.15, 0.2) is 5.96 Å². The van der Waals surface area contributed by atoms with E-state index in [4.69, 9.17) is 5.73 Å². The van der Waals surface area contributed by atoms with Gasteiger partial charge in [0.25, 0.3) is 0 Å². The zero-order chi connectivity index (χ0) is 13.2. The maximum absolute atomic E-state index is 5.84. The van der Waals surface area contributed by atoms with Gasteiger partial charge >= 0.3 is 0 Å². The Balaban J connectivity index is 0.00000324. The van der Waals surface area contributed by atoms with Crippen LogP contribution in [0.2, 0.25) is 0 Å². The van der Waals surface area contributed by atoms with E-state index in [1.165, 1.54) is 19.4 Å². The van der Waals surface area contributed by atoms with Crippen LogP contribution in [0.15, 0.2) is 17.6 Å². The Morgan fingerprint density at radius 3 is 3.11 bits per heavy atom. The lowest BCUT2D eigenvalue weighted by molar-refractivity contribution is 0.273. The van der Waals surface area contributed by atoms with Crippen LogP contribution in [-0.2, 0) is 0 Å². The monoisotopic (exact) mass is 398 g/mol. The lowest BCUT2D eigenvalue weighted by atomic mass is 10.2. The molecule has 3 N–H and O–H groups in total. The Morgan fingerprint density at radius 2 is 2.42 bits per heavy atom. The molecule has 0 aromatic rings. The van der Waals surface area contributed by atoms with Crippen molar-refractivity contribution in [3.63, 3.8) is 0 Å². The van der Waals surface area contributed by atoms with E-state index in [2.05, 4.69) is 28.7 Å². The number of guanidine groups is 1. The molecule has 1 fully saturated rings. The molecule has 0 aliphatic carbocycles. The van der Waals surface area contributed by atoms with E-state index < -0.39 is 0 Å². The van der Waals surface area contributed by atoms with Crippen molar-refractivity contribution in [1.82, 2.24) is 10.2 Å². The summed E-state index contributed by atoms with van der Waals surface area (Å²) in [6, 6.07) is 0.588. The van der Waals surface area contributed by atoms with Crippen LogP contribution in [0.3, 0.4) is 0 Å². The van der Waals surface area contributed by atoms with Crippen LogP contribution >= 0.6 is 35.7 Å². The third-order valence-corrected chi connectivity index (χ3v) is 4.13. The van der Waals surface area contributed by atoms with Crippen molar-refractivity contribution >= 4 is 41.7 Å². The highest BCUT2D eigenvalue weighted by atomic mass is 127. The average molecular weight is 398 g/mol. The molecular formula is C13H27IN4S. The van der Waals surface area contributed by atoms with Crippen LogP contribution in [0, 0.1) is 0 Å². The van der Waals surface area contributed by atoms with Gasteiger partial charge in [0.2, 0.25) is 0 Å². The molecule has 0 aromatic heterocycles. The van der Waals surface area contributed by atoms with Crippen LogP contribution in [0.25, 0.3) is 0 Å². The molecule has 1 unspecified atom stereocenters. The highest BCUT2D eigenvalue weighted by Gasteiger charge is 2.22. The molecule has 6 heteroatoms. The lowest BCUT2D eigenvalue weighted by Crippen LogP contribution is -2.36. The summed E-state index contributed by atoms with van der Waals surface area (Å²) >= 11 is 1.84. The predicted octanol–water partition coefficient (Wildman–Crippen LogP) is 1.91. The summed E-state index contributed by atoms with van der Waals surface area (Å²) in [4.78, 5) is 6.92. The second-order valence-electron chi connectivity index (χ2n) is 4.44. The average Bonchev–Trinajstić information content (AvgIpc) is 2.83. The molecular weight excluding hydrogens is 371 g/mol. The molecule has 19 heavy (non-hydrogen) atoms. The second kappa shape index (κ2) is 11.8. The van der Waals surface area contributed by atoms with Crippen molar-refractivity contribution in [3.05, 3.63) is 12.7 Å². The van der Waals surface area contributed by atoms with Gasteiger partial charge in [-0.2, -0.15) is 11.8 Å². The van der Waals surface area contributed by atoms with Gasteiger partial charge in [-0.1, -0.05) is 13.0 Å². The molecule has 1 rings (SSSR count). The summed E-state index contributed by atoms with van der Waals surface area (Å²) < 4.78 is 0. The summed E-state index contributed by atoms with van der Waals surface area (Å²) in [5.41, 5.74) is 5.84. The topological polar surface area (TPSA) is 53.6 Å². The number of halogens is 1. The Morgan fingerprint density at radius 1 is 1.63 bits per heavy atom. The number of likely N-dealkylation sites (tertiary alicyclic amines) is 1. The summed E-state index contributed by atoms with van der Waals surface area (Å²) in [5.74, 6) is 2.61. The Hall–Kier alpha value is 0.0500. The first-order valence-corrected chi connectivity index (χ1v) is 7.89.